The molecule has 41 heavy (non-hydrogen) atoms. The minimum Gasteiger partial charge on any atom is -0.347 e. The van der Waals surface area contributed by atoms with Gasteiger partial charge >= 0.3 is 6.18 Å². The Bertz CT molecular complexity index is 1190. The quantitative estimate of drug-likeness (QED) is 0.387. The predicted octanol–water partition coefficient (Wildman–Crippen LogP) is 6.90. The molecule has 5 aliphatic rings. The van der Waals surface area contributed by atoms with Crippen LogP contribution in [0.1, 0.15) is 99.8 Å². The Morgan fingerprint density at radius 2 is 1.56 bits per heavy atom. The van der Waals surface area contributed by atoms with Crippen LogP contribution in [0.25, 0.3) is 0 Å². The van der Waals surface area contributed by atoms with Crippen LogP contribution in [0.3, 0.4) is 0 Å². The van der Waals surface area contributed by atoms with Gasteiger partial charge in [0, 0.05) is 23.7 Å². The molecule has 228 valence electrons. The lowest BCUT2D eigenvalue weighted by molar-refractivity contribution is -0.229. The Labute approximate surface area is 242 Å². The largest absolute Gasteiger partial charge is 0.405 e. The third-order valence-electron chi connectivity index (χ3n) is 13.5. The van der Waals surface area contributed by atoms with Crippen LogP contribution in [-0.2, 0) is 14.4 Å². The molecule has 0 aromatic rings. The maximum Gasteiger partial charge on any atom is 0.405 e. The summed E-state index contributed by atoms with van der Waals surface area (Å²) in [5.74, 6) is -1.76. The number of Topliss-reactive ketones (excluding diaryl/α,β-unsaturated/α-hetero) is 2. The zero-order chi connectivity index (χ0) is 30.6. The Balaban J connectivity index is 1.51. The molecule has 0 heterocycles. The summed E-state index contributed by atoms with van der Waals surface area (Å²) in [5.41, 5.74) is -1.73. The number of nitrogens with one attached hydrogen (secondary N) is 1. The van der Waals surface area contributed by atoms with Gasteiger partial charge in [0.25, 0.3) is 0 Å². The normalized spacial score (nSPS) is 46.7. The summed E-state index contributed by atoms with van der Waals surface area (Å²) in [7, 11) is 0. The molecule has 1 unspecified atom stereocenters. The molecule has 10 atom stereocenters. The van der Waals surface area contributed by atoms with Crippen molar-refractivity contribution >= 4 is 17.5 Å². The first-order chi connectivity index (χ1) is 18.7. The molecule has 5 saturated carbocycles. The van der Waals surface area contributed by atoms with E-state index in [-0.39, 0.29) is 62.8 Å². The van der Waals surface area contributed by atoms with E-state index in [9.17, 15) is 32.8 Å². The zero-order valence-corrected chi connectivity index (χ0v) is 25.7. The van der Waals surface area contributed by atoms with Gasteiger partial charge in [-0.05, 0) is 90.3 Å². The van der Waals surface area contributed by atoms with Gasteiger partial charge in [0.15, 0.2) is 5.78 Å². The maximum absolute atomic E-state index is 14.4. The van der Waals surface area contributed by atoms with Gasteiger partial charge in [-0.25, -0.2) is 0 Å². The summed E-state index contributed by atoms with van der Waals surface area (Å²) >= 11 is 0. The number of carbonyl (C=O) groups is 3. The molecule has 0 saturated heterocycles. The van der Waals surface area contributed by atoms with E-state index in [1.165, 1.54) is 0 Å². The Morgan fingerprint density at radius 3 is 2.17 bits per heavy atom. The van der Waals surface area contributed by atoms with Crippen LogP contribution >= 0.6 is 0 Å². The molecule has 8 heteroatoms. The second-order valence-corrected chi connectivity index (χ2v) is 16.5. The summed E-state index contributed by atoms with van der Waals surface area (Å²) in [5, 5.41) is 12.1. The zero-order valence-electron chi connectivity index (χ0n) is 25.7. The molecule has 0 radical (unpaired) electrons. The van der Waals surface area contributed by atoms with Crippen molar-refractivity contribution in [2.45, 2.75) is 106 Å². The average Bonchev–Trinajstić information content (AvgIpc) is 2.84. The van der Waals surface area contributed by atoms with E-state index in [1.807, 2.05) is 13.8 Å². The summed E-state index contributed by atoms with van der Waals surface area (Å²) in [6.07, 6.45) is 0.988. The fraction of sp³-hybridized carbons (Fsp3) is 0.879. The lowest BCUT2D eigenvalue weighted by Gasteiger charge is -2.71. The first-order valence-electron chi connectivity index (χ1n) is 15.5. The number of amides is 1. The van der Waals surface area contributed by atoms with E-state index >= 15 is 0 Å². The van der Waals surface area contributed by atoms with Gasteiger partial charge in [-0.1, -0.05) is 48.5 Å². The number of nitriles is 1. The van der Waals surface area contributed by atoms with Gasteiger partial charge in [-0.15, -0.1) is 0 Å². The third-order valence-corrected chi connectivity index (χ3v) is 13.5. The highest BCUT2D eigenvalue weighted by Crippen LogP contribution is 2.75. The highest BCUT2D eigenvalue weighted by molar-refractivity contribution is 5.90. The van der Waals surface area contributed by atoms with Crippen LogP contribution in [0.2, 0.25) is 0 Å². The number of nitrogens with zero attached hydrogens (tertiary/aromatic N) is 1. The van der Waals surface area contributed by atoms with Crippen molar-refractivity contribution in [1.82, 2.24) is 5.32 Å². The minimum atomic E-state index is -4.47. The van der Waals surface area contributed by atoms with Crippen molar-refractivity contribution in [2.75, 3.05) is 6.54 Å². The van der Waals surface area contributed by atoms with Crippen LogP contribution in [0.4, 0.5) is 13.2 Å². The predicted molar refractivity (Wildman–Crippen MR) is 148 cm³/mol. The van der Waals surface area contributed by atoms with E-state index in [2.05, 4.69) is 46.0 Å². The minimum absolute atomic E-state index is 0.0251. The molecule has 0 bridgehead atoms. The highest BCUT2D eigenvalue weighted by Gasteiger charge is 2.72. The second-order valence-electron chi connectivity index (χ2n) is 16.5. The topological polar surface area (TPSA) is 87.0 Å². The number of hydrogen-bond donors (Lipinski definition) is 1. The Morgan fingerprint density at radius 1 is 0.927 bits per heavy atom. The van der Waals surface area contributed by atoms with Gasteiger partial charge in [0.1, 0.15) is 18.2 Å². The molecule has 1 N–H and O–H groups in total. The summed E-state index contributed by atoms with van der Waals surface area (Å²) in [6, 6.07) is 2.29. The highest BCUT2D eigenvalue weighted by atomic mass is 19.4. The first kappa shape index (κ1) is 30.5. The standard InChI is InChI=1S/C33H47F3N2O3/c1-28(2)14-20-19(21(15-28)27(41)38-17-33(34,35)36)8-10-32(7)25(20)22(39)12-24-30(5)13-18(16-37)26(40)29(3,4)23(30)9-11-31(24,32)6/h18-21,23-25H,8-15,17H2,1-7H3,(H,38,41)/t18?,19-,20-,21+,23-,24+,25-,30-,31+,32+/m0/s1. The fourth-order valence-corrected chi connectivity index (χ4v) is 11.7. The summed E-state index contributed by atoms with van der Waals surface area (Å²) < 4.78 is 38.9. The number of halogens is 3. The molecule has 0 aliphatic heterocycles. The number of alkyl halides is 3. The van der Waals surface area contributed by atoms with Crippen molar-refractivity contribution in [3.8, 4) is 6.07 Å². The Kier molecular flexibility index (Phi) is 6.92. The van der Waals surface area contributed by atoms with Crippen LogP contribution in [-0.4, -0.2) is 30.2 Å². The van der Waals surface area contributed by atoms with E-state index in [0.717, 1.165) is 32.1 Å². The number of fused-ring (bicyclic) bond motifs is 7. The number of hydrogen-bond acceptors (Lipinski definition) is 4. The van der Waals surface area contributed by atoms with Crippen LogP contribution in [0, 0.1) is 79.8 Å². The van der Waals surface area contributed by atoms with Crippen LogP contribution in [0.5, 0.6) is 0 Å². The van der Waals surface area contributed by atoms with Gasteiger partial charge in [0.2, 0.25) is 5.91 Å². The molecule has 5 fully saturated rings. The molecule has 0 aromatic heterocycles. The molecule has 0 aromatic carbocycles. The maximum atomic E-state index is 14.4. The lowest BCUT2D eigenvalue weighted by atomic mass is 9.31. The van der Waals surface area contributed by atoms with Crippen molar-refractivity contribution in [1.29, 1.82) is 5.26 Å². The smallest absolute Gasteiger partial charge is 0.347 e. The molecule has 5 aliphatic carbocycles. The fourth-order valence-electron chi connectivity index (χ4n) is 11.7. The molecule has 1 amide bonds. The second kappa shape index (κ2) is 9.29. The number of rotatable bonds is 2. The molecular weight excluding hydrogens is 529 g/mol. The van der Waals surface area contributed by atoms with Crippen molar-refractivity contribution < 1.29 is 27.6 Å². The van der Waals surface area contributed by atoms with E-state index < -0.39 is 35.9 Å². The summed E-state index contributed by atoms with van der Waals surface area (Å²) in [6.45, 7) is 13.6. The Hall–Kier alpha value is -1.91. The van der Waals surface area contributed by atoms with E-state index in [1.54, 1.807) is 0 Å². The van der Waals surface area contributed by atoms with Crippen molar-refractivity contribution in [3.05, 3.63) is 0 Å². The molecule has 5 rings (SSSR count). The number of ketones is 2. The van der Waals surface area contributed by atoms with E-state index in [4.69, 9.17) is 0 Å². The molecule has 5 nitrogen and oxygen atoms in total. The van der Waals surface area contributed by atoms with Crippen molar-refractivity contribution in [3.63, 3.8) is 0 Å². The molecular formula is C33H47F3N2O3. The third kappa shape index (κ3) is 4.41. The summed E-state index contributed by atoms with van der Waals surface area (Å²) in [4.78, 5) is 40.9. The van der Waals surface area contributed by atoms with Crippen LogP contribution in [0.15, 0.2) is 0 Å². The van der Waals surface area contributed by atoms with Crippen molar-refractivity contribution in [2.24, 2.45) is 68.5 Å². The lowest BCUT2D eigenvalue weighted by Crippen LogP contribution is -2.69. The van der Waals surface area contributed by atoms with Gasteiger partial charge < -0.3 is 5.32 Å². The number of carbonyl (C=O) groups excluding carboxylic acids is 3. The average molecular weight is 577 g/mol. The van der Waals surface area contributed by atoms with Gasteiger partial charge in [-0.2, -0.15) is 18.4 Å². The monoisotopic (exact) mass is 576 g/mol. The van der Waals surface area contributed by atoms with E-state index in [0.29, 0.717) is 19.3 Å². The molecule has 0 spiro atoms. The first-order valence-corrected chi connectivity index (χ1v) is 15.5. The van der Waals surface area contributed by atoms with Gasteiger partial charge in [0.05, 0.1) is 6.07 Å². The van der Waals surface area contributed by atoms with Crippen LogP contribution < -0.4 is 5.32 Å². The van der Waals surface area contributed by atoms with Gasteiger partial charge in [-0.3, -0.25) is 14.4 Å². The SMILES string of the molecule is CC1(C)C[C@H]2[C@H](CC[C@]3(C)[C@@H]2C(=O)C[C@@H]2[C@@]4(C)CC(C#N)C(=O)C(C)(C)[C@@H]4CC[C@]23C)[C@H](C(=O)NCC(F)(F)F)C1.